The molecule has 0 saturated carbocycles. The predicted molar refractivity (Wildman–Crippen MR) is 80.5 cm³/mol. The van der Waals surface area contributed by atoms with Crippen molar-refractivity contribution in [3.8, 4) is 0 Å². The first kappa shape index (κ1) is 16.1. The first-order valence-corrected chi connectivity index (χ1v) is 7.19. The number of ether oxygens (including phenoxy) is 2. The van der Waals surface area contributed by atoms with Crippen LogP contribution in [0.15, 0.2) is 29.1 Å². The van der Waals surface area contributed by atoms with Crippen LogP contribution in [0.5, 0.6) is 0 Å². The molecule has 2 aromatic rings. The molecule has 0 amide bonds. The maximum atomic E-state index is 12.2. The van der Waals surface area contributed by atoms with Crippen LogP contribution in [0.3, 0.4) is 0 Å². The summed E-state index contributed by atoms with van der Waals surface area (Å²) in [7, 11) is 1.63. The molecule has 0 fully saturated rings. The van der Waals surface area contributed by atoms with Crippen LogP contribution in [0, 0.1) is 0 Å². The number of esters is 1. The molecule has 0 aliphatic rings. The topological polar surface area (TPSA) is 83.3 Å². The molecule has 0 aliphatic carbocycles. The minimum absolute atomic E-state index is 0.0944. The van der Waals surface area contributed by atoms with Gasteiger partial charge >= 0.3 is 5.97 Å². The summed E-state index contributed by atoms with van der Waals surface area (Å²) in [5.74, 6) is -0.348. The van der Waals surface area contributed by atoms with Gasteiger partial charge in [0.2, 0.25) is 0 Å². The Kier molecular flexibility index (Phi) is 6.02. The summed E-state index contributed by atoms with van der Waals surface area (Å²) in [6.07, 6.45) is 1.70. The molecule has 0 unspecified atom stereocenters. The number of carbonyl (C=O) groups excluding carboxylic acids is 1. The van der Waals surface area contributed by atoms with Crippen molar-refractivity contribution in [3.63, 3.8) is 0 Å². The number of fused-ring (bicyclic) bond motifs is 1. The fraction of sp³-hybridized carbons (Fsp3) is 0.467. The van der Waals surface area contributed by atoms with Gasteiger partial charge in [0.25, 0.3) is 5.56 Å². The highest BCUT2D eigenvalue weighted by Gasteiger charge is 2.08. The normalized spacial score (nSPS) is 10.8. The average Bonchev–Trinajstić information content (AvgIpc) is 2.54. The molecule has 1 aromatic carbocycles. The van der Waals surface area contributed by atoms with Gasteiger partial charge in [0.15, 0.2) is 0 Å². The van der Waals surface area contributed by atoms with Crippen LogP contribution in [0.25, 0.3) is 10.9 Å². The Bertz CT molecular complexity index is 684. The number of hydrogen-bond donors (Lipinski definition) is 0. The molecule has 0 spiro atoms. The molecule has 7 heteroatoms. The van der Waals surface area contributed by atoms with Gasteiger partial charge in [0.1, 0.15) is 5.52 Å². The first-order chi connectivity index (χ1) is 10.7. The van der Waals surface area contributed by atoms with Gasteiger partial charge in [-0.2, -0.15) is 0 Å². The zero-order valence-corrected chi connectivity index (χ0v) is 12.5. The molecule has 22 heavy (non-hydrogen) atoms. The van der Waals surface area contributed by atoms with Gasteiger partial charge in [-0.1, -0.05) is 17.3 Å². The van der Waals surface area contributed by atoms with Crippen molar-refractivity contribution in [1.82, 2.24) is 15.0 Å². The zero-order valence-electron chi connectivity index (χ0n) is 12.5. The highest BCUT2D eigenvalue weighted by molar-refractivity contribution is 5.76. The first-order valence-electron chi connectivity index (χ1n) is 7.19. The van der Waals surface area contributed by atoms with Gasteiger partial charge in [-0.25, -0.2) is 4.68 Å². The van der Waals surface area contributed by atoms with Gasteiger partial charge in [0.05, 0.1) is 25.0 Å². The van der Waals surface area contributed by atoms with Gasteiger partial charge in [-0.3, -0.25) is 9.59 Å². The summed E-state index contributed by atoms with van der Waals surface area (Å²) >= 11 is 0. The van der Waals surface area contributed by atoms with Crippen LogP contribution in [-0.2, 0) is 20.8 Å². The number of unbranched alkanes of at least 4 members (excludes halogenated alkanes) is 1. The molecule has 0 bridgehead atoms. The van der Waals surface area contributed by atoms with Crippen molar-refractivity contribution in [1.29, 1.82) is 0 Å². The van der Waals surface area contributed by atoms with Gasteiger partial charge in [-0.15, -0.1) is 5.10 Å². The lowest BCUT2D eigenvalue weighted by atomic mass is 10.2. The SMILES string of the molecule is COCCCCOC(=O)CCn1nnc2ccccc2c1=O. The predicted octanol–water partition coefficient (Wildman–Crippen LogP) is 1.15. The molecule has 7 nitrogen and oxygen atoms in total. The number of carbonyl (C=O) groups is 1. The minimum atomic E-state index is -0.348. The Balaban J connectivity index is 1.85. The Morgan fingerprint density at radius 2 is 2.00 bits per heavy atom. The highest BCUT2D eigenvalue weighted by Crippen LogP contribution is 2.03. The second-order valence-electron chi connectivity index (χ2n) is 4.81. The van der Waals surface area contributed by atoms with Crippen molar-refractivity contribution in [2.45, 2.75) is 25.8 Å². The summed E-state index contributed by atoms with van der Waals surface area (Å²) < 4.78 is 11.2. The number of aryl methyl sites for hydroxylation is 1. The molecule has 1 heterocycles. The van der Waals surface area contributed by atoms with Crippen LogP contribution >= 0.6 is 0 Å². The Morgan fingerprint density at radius 3 is 2.82 bits per heavy atom. The molecule has 2 rings (SSSR count). The quantitative estimate of drug-likeness (QED) is 0.537. The minimum Gasteiger partial charge on any atom is -0.466 e. The molecule has 0 aliphatic heterocycles. The van der Waals surface area contributed by atoms with Crippen molar-refractivity contribution >= 4 is 16.9 Å². The van der Waals surface area contributed by atoms with E-state index in [4.69, 9.17) is 9.47 Å². The Hall–Kier alpha value is -2.28. The van der Waals surface area contributed by atoms with E-state index in [2.05, 4.69) is 10.3 Å². The second kappa shape index (κ2) is 8.23. The number of aromatic nitrogens is 3. The number of benzene rings is 1. The second-order valence-corrected chi connectivity index (χ2v) is 4.81. The standard InChI is InChI=1S/C15H19N3O4/c1-21-10-4-5-11-22-14(19)8-9-18-15(20)12-6-2-3-7-13(12)16-17-18/h2-3,6-7H,4-5,8-11H2,1H3. The number of rotatable bonds is 8. The fourth-order valence-corrected chi connectivity index (χ4v) is 1.97. The Labute approximate surface area is 127 Å². The summed E-state index contributed by atoms with van der Waals surface area (Å²) in [6, 6.07) is 6.98. The van der Waals surface area contributed by atoms with E-state index >= 15 is 0 Å². The zero-order chi connectivity index (χ0) is 15.8. The molecule has 0 N–H and O–H groups in total. The summed E-state index contributed by atoms with van der Waals surface area (Å²) in [5, 5.41) is 8.28. The lowest BCUT2D eigenvalue weighted by Crippen LogP contribution is -2.25. The smallest absolute Gasteiger partial charge is 0.307 e. The van der Waals surface area contributed by atoms with Crippen molar-refractivity contribution in [3.05, 3.63) is 34.6 Å². The van der Waals surface area contributed by atoms with Gasteiger partial charge < -0.3 is 9.47 Å². The highest BCUT2D eigenvalue weighted by atomic mass is 16.5. The van der Waals surface area contributed by atoms with Crippen molar-refractivity contribution < 1.29 is 14.3 Å². The van der Waals surface area contributed by atoms with E-state index in [1.54, 1.807) is 31.4 Å². The monoisotopic (exact) mass is 305 g/mol. The lowest BCUT2D eigenvalue weighted by molar-refractivity contribution is -0.144. The molecule has 0 atom stereocenters. The largest absolute Gasteiger partial charge is 0.466 e. The molecular formula is C15H19N3O4. The van der Waals surface area contributed by atoms with Crippen LogP contribution in [-0.4, -0.2) is 41.3 Å². The maximum absolute atomic E-state index is 12.2. The summed E-state index contributed by atoms with van der Waals surface area (Å²) in [5.41, 5.74) is 0.294. The lowest BCUT2D eigenvalue weighted by Gasteiger charge is -2.06. The molecule has 1 aromatic heterocycles. The van der Waals surface area contributed by atoms with Crippen LogP contribution in [0.4, 0.5) is 0 Å². The van der Waals surface area contributed by atoms with Gasteiger partial charge in [-0.05, 0) is 25.0 Å². The fourth-order valence-electron chi connectivity index (χ4n) is 1.97. The third-order valence-corrected chi connectivity index (χ3v) is 3.16. The maximum Gasteiger partial charge on any atom is 0.307 e. The van der Waals surface area contributed by atoms with E-state index in [9.17, 15) is 9.59 Å². The third kappa shape index (κ3) is 4.36. The van der Waals surface area contributed by atoms with Crippen LogP contribution in [0.1, 0.15) is 19.3 Å². The van der Waals surface area contributed by atoms with E-state index in [1.165, 1.54) is 4.68 Å². The van der Waals surface area contributed by atoms with Crippen LogP contribution < -0.4 is 5.56 Å². The molecule has 0 radical (unpaired) electrons. The van der Waals surface area contributed by atoms with E-state index < -0.39 is 0 Å². The number of hydrogen-bond acceptors (Lipinski definition) is 6. The van der Waals surface area contributed by atoms with Crippen molar-refractivity contribution in [2.24, 2.45) is 0 Å². The Morgan fingerprint density at radius 1 is 1.23 bits per heavy atom. The van der Waals surface area contributed by atoms with E-state index in [0.717, 1.165) is 12.8 Å². The van der Waals surface area contributed by atoms with Crippen molar-refractivity contribution in [2.75, 3.05) is 20.3 Å². The molecular weight excluding hydrogens is 286 g/mol. The van der Waals surface area contributed by atoms with Crippen LogP contribution in [0.2, 0.25) is 0 Å². The molecule has 118 valence electrons. The summed E-state index contributed by atoms with van der Waals surface area (Å²) in [4.78, 5) is 23.8. The van der Waals surface area contributed by atoms with E-state index in [1.807, 2.05) is 0 Å². The number of methoxy groups -OCH3 is 1. The molecule has 0 saturated heterocycles. The average molecular weight is 305 g/mol. The van der Waals surface area contributed by atoms with E-state index in [0.29, 0.717) is 24.1 Å². The number of nitrogens with zero attached hydrogens (tertiary/aromatic N) is 3. The van der Waals surface area contributed by atoms with E-state index in [-0.39, 0.29) is 24.5 Å². The van der Waals surface area contributed by atoms with Gasteiger partial charge in [0, 0.05) is 13.7 Å². The summed E-state index contributed by atoms with van der Waals surface area (Å²) in [6.45, 7) is 1.17. The third-order valence-electron chi connectivity index (χ3n) is 3.16.